The Morgan fingerprint density at radius 3 is 2.03 bits per heavy atom. The molecule has 0 aromatic carbocycles. The van der Waals surface area contributed by atoms with E-state index in [1.54, 1.807) is 23.1 Å². The van der Waals surface area contributed by atoms with Crippen LogP contribution in [-0.4, -0.2) is 46.6 Å². The average Bonchev–Trinajstić information content (AvgIpc) is 3.34. The third kappa shape index (κ3) is 7.16. The van der Waals surface area contributed by atoms with Crippen molar-refractivity contribution in [3.63, 3.8) is 0 Å². The Morgan fingerprint density at radius 1 is 0.879 bits per heavy atom. The molecule has 0 radical (unpaired) electrons. The summed E-state index contributed by atoms with van der Waals surface area (Å²) in [4.78, 5) is 14.8. The molecular weight excluding hydrogens is 444 g/mol. The molecule has 0 unspecified atom stereocenters. The van der Waals surface area contributed by atoms with E-state index < -0.39 is 0 Å². The number of thioether (sulfide) groups is 1. The van der Waals surface area contributed by atoms with Gasteiger partial charge in [0.25, 0.3) is 0 Å². The highest BCUT2D eigenvalue weighted by Gasteiger charge is 2.37. The van der Waals surface area contributed by atoms with Crippen LogP contribution in [0.1, 0.15) is 79.8 Å². The molecule has 33 heavy (non-hydrogen) atoms. The fourth-order valence-electron chi connectivity index (χ4n) is 3.55. The van der Waals surface area contributed by atoms with Gasteiger partial charge in [0.05, 0.1) is 28.6 Å². The first-order valence-electron chi connectivity index (χ1n) is 12.2. The van der Waals surface area contributed by atoms with Crippen LogP contribution < -0.4 is 4.90 Å². The van der Waals surface area contributed by atoms with Crippen molar-refractivity contribution >= 4 is 45.2 Å². The van der Waals surface area contributed by atoms with Gasteiger partial charge in [-0.3, -0.25) is 4.58 Å². The van der Waals surface area contributed by atoms with Crippen molar-refractivity contribution in [1.29, 1.82) is 0 Å². The zero-order valence-corrected chi connectivity index (χ0v) is 24.0. The average molecular weight is 488 g/mol. The van der Waals surface area contributed by atoms with Crippen LogP contribution in [-0.2, 0) is 5.41 Å². The number of aromatic nitrogens is 1. The Hall–Kier alpha value is -1.66. The molecule has 0 N–H and O–H groups in total. The molecule has 6 heteroatoms. The molecule has 4 nitrogen and oxygen atoms in total. The van der Waals surface area contributed by atoms with E-state index in [-0.39, 0.29) is 10.8 Å². The number of aliphatic imine (C=N–C) groups is 1. The normalized spacial score (nSPS) is 16.5. The van der Waals surface area contributed by atoms with Crippen LogP contribution >= 0.6 is 23.1 Å². The molecule has 0 atom stereocenters. The third-order valence-corrected chi connectivity index (χ3v) is 7.65. The van der Waals surface area contributed by atoms with Crippen molar-refractivity contribution in [3.05, 3.63) is 39.8 Å². The van der Waals surface area contributed by atoms with Crippen molar-refractivity contribution in [2.24, 2.45) is 10.4 Å². The summed E-state index contributed by atoms with van der Waals surface area (Å²) in [7, 11) is 0. The molecule has 0 bridgehead atoms. The van der Waals surface area contributed by atoms with Gasteiger partial charge in [-0.1, -0.05) is 71.1 Å². The van der Waals surface area contributed by atoms with Crippen LogP contribution in [0.15, 0.2) is 34.2 Å². The smallest absolute Gasteiger partial charge is 0.349 e. The summed E-state index contributed by atoms with van der Waals surface area (Å²) in [6.45, 7) is 26.1. The Morgan fingerprint density at radius 2 is 1.52 bits per heavy atom. The summed E-state index contributed by atoms with van der Waals surface area (Å²) in [5, 5.41) is 2.23. The molecule has 0 amide bonds. The van der Waals surface area contributed by atoms with Crippen molar-refractivity contribution in [1.82, 2.24) is 4.98 Å². The Balaban J connectivity index is 2.28. The van der Waals surface area contributed by atoms with Gasteiger partial charge in [0.1, 0.15) is 0 Å². The summed E-state index contributed by atoms with van der Waals surface area (Å²) in [5.74, 6) is 0. The molecule has 1 aliphatic rings. The van der Waals surface area contributed by atoms with E-state index in [9.17, 15) is 0 Å². The molecule has 2 rings (SSSR count). The molecule has 182 valence electrons. The number of anilines is 1. The lowest BCUT2D eigenvalue weighted by Crippen LogP contribution is -2.22. The van der Waals surface area contributed by atoms with Crippen molar-refractivity contribution in [2.75, 3.05) is 31.1 Å². The fraction of sp³-hybridized carbons (Fsp3) is 0.593. The van der Waals surface area contributed by atoms with Gasteiger partial charge in [0.15, 0.2) is 10.8 Å². The van der Waals surface area contributed by atoms with Gasteiger partial charge in [0.2, 0.25) is 0 Å². The molecule has 0 saturated carbocycles. The molecule has 0 aliphatic carbocycles. The standard InChI is InChI=1S/C27H43N4S2/c1-11-30(12-2)24-28-22(26(5,6)7)20(32-24)18-16-15-17-19-21-23(27(8,9)10)29-25(33-21)31(13-3)14-4/h15-19H,11-14H2,1-10H3/q+1. The van der Waals surface area contributed by atoms with Crippen molar-refractivity contribution in [3.8, 4) is 0 Å². The van der Waals surface area contributed by atoms with Gasteiger partial charge in [-0.2, -0.15) is 0 Å². The summed E-state index contributed by atoms with van der Waals surface area (Å²) in [6.07, 6.45) is 10.8. The van der Waals surface area contributed by atoms with Gasteiger partial charge < -0.3 is 4.90 Å². The second-order valence-electron chi connectivity index (χ2n) is 10.2. The predicted octanol–water partition coefficient (Wildman–Crippen LogP) is 7.38. The van der Waals surface area contributed by atoms with E-state index in [2.05, 4.69) is 109 Å². The van der Waals surface area contributed by atoms with E-state index >= 15 is 0 Å². The molecule has 0 spiro atoms. The minimum Gasteiger partial charge on any atom is -0.349 e. The maximum absolute atomic E-state index is 4.99. The topological polar surface area (TPSA) is 31.5 Å². The predicted molar refractivity (Wildman–Crippen MR) is 151 cm³/mol. The van der Waals surface area contributed by atoms with Crippen molar-refractivity contribution in [2.45, 2.75) is 74.7 Å². The summed E-state index contributed by atoms with van der Waals surface area (Å²) in [5.41, 5.74) is 2.37. The lowest BCUT2D eigenvalue weighted by Gasteiger charge is -2.18. The van der Waals surface area contributed by atoms with E-state index in [0.717, 1.165) is 36.5 Å². The molecule has 1 aliphatic heterocycles. The third-order valence-electron chi connectivity index (χ3n) is 5.49. The number of rotatable bonds is 8. The number of hydrogen-bond donors (Lipinski definition) is 0. The van der Waals surface area contributed by atoms with Gasteiger partial charge in [-0.15, -0.1) is 0 Å². The Kier molecular flexibility index (Phi) is 9.74. The molecule has 1 aromatic heterocycles. The largest absolute Gasteiger partial charge is 0.359 e. The first kappa shape index (κ1) is 27.6. The summed E-state index contributed by atoms with van der Waals surface area (Å²) < 4.78 is 2.33. The number of thiazole rings is 1. The lowest BCUT2D eigenvalue weighted by molar-refractivity contribution is -0.518. The summed E-state index contributed by atoms with van der Waals surface area (Å²) in [6, 6.07) is 0. The number of hydrogen-bond acceptors (Lipinski definition) is 4. The molecular formula is C27H43N4S2+. The van der Waals surface area contributed by atoms with Crippen LogP contribution in [0, 0.1) is 5.41 Å². The quantitative estimate of drug-likeness (QED) is 0.283. The maximum atomic E-state index is 4.99. The number of nitrogens with zero attached hydrogens (tertiary/aromatic N) is 4. The van der Waals surface area contributed by atoms with Crippen LogP contribution in [0.4, 0.5) is 5.13 Å². The van der Waals surface area contributed by atoms with Crippen LogP contribution in [0.2, 0.25) is 0 Å². The van der Waals surface area contributed by atoms with Crippen LogP contribution in [0.25, 0.3) is 6.08 Å². The van der Waals surface area contributed by atoms with Gasteiger partial charge in [-0.05, 0) is 44.8 Å². The second-order valence-corrected chi connectivity index (χ2v) is 12.2. The molecule has 1 aromatic rings. The van der Waals surface area contributed by atoms with Crippen molar-refractivity contribution < 1.29 is 4.58 Å². The number of amidine groups is 1. The van der Waals surface area contributed by atoms with E-state index in [1.807, 2.05) is 0 Å². The number of allylic oxidation sites excluding steroid dienone is 5. The molecule has 2 heterocycles. The zero-order chi connectivity index (χ0) is 24.8. The minimum absolute atomic E-state index is 0.0164. The minimum atomic E-state index is 0.0164. The SMILES string of the molecule is CCN(CC)c1nc(C(C)(C)C)c(/C=C/C=C/C=C2/SC(=[N+](CC)CC)N=C2C(C)(C)C)s1. The highest BCUT2D eigenvalue weighted by atomic mass is 32.2. The maximum Gasteiger partial charge on any atom is 0.359 e. The van der Waals surface area contributed by atoms with Gasteiger partial charge in [-0.25, -0.2) is 4.98 Å². The second kappa shape index (κ2) is 11.7. The Bertz CT molecular complexity index is 953. The first-order chi connectivity index (χ1) is 15.5. The van der Waals surface area contributed by atoms with Gasteiger partial charge in [0, 0.05) is 35.7 Å². The molecule has 0 saturated heterocycles. The van der Waals surface area contributed by atoms with E-state index in [1.165, 1.54) is 21.2 Å². The van der Waals surface area contributed by atoms with E-state index in [4.69, 9.17) is 9.98 Å². The highest BCUT2D eigenvalue weighted by Crippen LogP contribution is 2.36. The Labute approximate surface area is 210 Å². The molecule has 0 fully saturated rings. The van der Waals surface area contributed by atoms with E-state index in [0.29, 0.717) is 0 Å². The fourth-order valence-corrected chi connectivity index (χ4v) is 6.18. The summed E-state index contributed by atoms with van der Waals surface area (Å²) >= 11 is 3.57. The highest BCUT2D eigenvalue weighted by molar-refractivity contribution is 8.18. The monoisotopic (exact) mass is 487 g/mol. The van der Waals surface area contributed by atoms with Crippen LogP contribution in [0.3, 0.4) is 0 Å². The first-order valence-corrected chi connectivity index (χ1v) is 13.8. The van der Waals surface area contributed by atoms with Gasteiger partial charge >= 0.3 is 5.17 Å². The lowest BCUT2D eigenvalue weighted by atomic mass is 9.89. The zero-order valence-electron chi connectivity index (χ0n) is 22.3. The van der Waals surface area contributed by atoms with Crippen LogP contribution in [0.5, 0.6) is 0 Å².